The molecule has 1 aromatic heterocycles. The van der Waals surface area contributed by atoms with E-state index in [-0.39, 0.29) is 11.3 Å². The first kappa shape index (κ1) is 13.0. The van der Waals surface area contributed by atoms with Crippen molar-refractivity contribution < 1.29 is 14.3 Å². The molecule has 0 spiro atoms. The third kappa shape index (κ3) is 3.07. The summed E-state index contributed by atoms with van der Waals surface area (Å²) in [5.74, 6) is -1.13. The van der Waals surface area contributed by atoms with Gasteiger partial charge in [0.1, 0.15) is 11.6 Å². The van der Waals surface area contributed by atoms with Gasteiger partial charge < -0.3 is 10.4 Å². The smallest absolute Gasteiger partial charge is 0.335 e. The maximum Gasteiger partial charge on any atom is 0.335 e. The predicted octanol–water partition coefficient (Wildman–Crippen LogP) is 3.22. The highest BCUT2D eigenvalue weighted by Crippen LogP contribution is 2.19. The van der Waals surface area contributed by atoms with Crippen molar-refractivity contribution in [1.82, 2.24) is 4.98 Å². The topological polar surface area (TPSA) is 62.2 Å². The molecule has 5 heteroatoms. The van der Waals surface area contributed by atoms with Gasteiger partial charge in [-0.2, -0.15) is 0 Å². The van der Waals surface area contributed by atoms with E-state index in [1.807, 2.05) is 6.92 Å². The predicted molar refractivity (Wildman–Crippen MR) is 70.3 cm³/mol. The number of hydrogen-bond acceptors (Lipinski definition) is 3. The third-order valence-corrected chi connectivity index (χ3v) is 2.62. The number of nitrogens with zero attached hydrogens (tertiary/aromatic N) is 1. The molecule has 0 aliphatic carbocycles. The lowest BCUT2D eigenvalue weighted by Crippen LogP contribution is -2.04. The van der Waals surface area contributed by atoms with Crippen LogP contribution in [-0.2, 0) is 6.42 Å². The number of nitrogens with one attached hydrogen (secondary N) is 1. The van der Waals surface area contributed by atoms with E-state index in [0.717, 1.165) is 0 Å². The van der Waals surface area contributed by atoms with Gasteiger partial charge >= 0.3 is 5.97 Å². The Morgan fingerprint density at radius 1 is 1.37 bits per heavy atom. The number of aromatic carboxylic acids is 1. The molecule has 0 bridgehead atoms. The Bertz CT molecular complexity index is 614. The summed E-state index contributed by atoms with van der Waals surface area (Å²) < 4.78 is 13.5. The van der Waals surface area contributed by atoms with E-state index in [4.69, 9.17) is 5.11 Å². The van der Waals surface area contributed by atoms with Crippen molar-refractivity contribution in [3.8, 4) is 0 Å². The number of hydrogen-bond donors (Lipinski definition) is 2. The van der Waals surface area contributed by atoms with Crippen molar-refractivity contribution in [2.24, 2.45) is 0 Å². The van der Waals surface area contributed by atoms with E-state index in [2.05, 4.69) is 10.3 Å². The number of carbonyl (C=O) groups is 1. The summed E-state index contributed by atoms with van der Waals surface area (Å²) in [4.78, 5) is 15.2. The lowest BCUT2D eigenvalue weighted by Gasteiger charge is -2.09. The number of anilines is 2. The molecule has 0 aliphatic rings. The molecule has 98 valence electrons. The Kier molecular flexibility index (Phi) is 3.75. The minimum atomic E-state index is -1.03. The van der Waals surface area contributed by atoms with Crippen LogP contribution in [-0.4, -0.2) is 16.1 Å². The number of para-hydroxylation sites is 1. The summed E-state index contributed by atoms with van der Waals surface area (Å²) in [6, 6.07) is 9.05. The van der Waals surface area contributed by atoms with E-state index >= 15 is 0 Å². The highest BCUT2D eigenvalue weighted by Gasteiger charge is 2.09. The third-order valence-electron chi connectivity index (χ3n) is 2.62. The zero-order chi connectivity index (χ0) is 13.8. The van der Waals surface area contributed by atoms with Gasteiger partial charge in [0.15, 0.2) is 0 Å². The Labute approximate surface area is 109 Å². The molecule has 0 fully saturated rings. The molecule has 0 atom stereocenters. The first-order chi connectivity index (χ1) is 9.10. The van der Waals surface area contributed by atoms with E-state index in [9.17, 15) is 9.18 Å². The highest BCUT2D eigenvalue weighted by molar-refractivity contribution is 5.88. The minimum Gasteiger partial charge on any atom is -0.478 e. The second-order valence-electron chi connectivity index (χ2n) is 4.00. The first-order valence-electron chi connectivity index (χ1n) is 5.86. The lowest BCUT2D eigenvalue weighted by molar-refractivity contribution is 0.0696. The van der Waals surface area contributed by atoms with Gasteiger partial charge in [0.05, 0.1) is 11.3 Å². The zero-order valence-corrected chi connectivity index (χ0v) is 10.4. The Morgan fingerprint density at radius 3 is 2.74 bits per heavy atom. The molecule has 1 aromatic carbocycles. The molecule has 2 N–H and O–H groups in total. The van der Waals surface area contributed by atoms with E-state index in [0.29, 0.717) is 17.9 Å². The summed E-state index contributed by atoms with van der Waals surface area (Å²) in [5, 5.41) is 11.8. The molecule has 0 unspecified atom stereocenters. The van der Waals surface area contributed by atoms with Crippen molar-refractivity contribution in [3.05, 3.63) is 53.5 Å². The normalized spacial score (nSPS) is 10.2. The molecule has 0 amide bonds. The molecule has 0 radical (unpaired) electrons. The number of aromatic nitrogens is 1. The average molecular weight is 260 g/mol. The SMILES string of the molecule is CCc1cc(C(=O)O)cc(Nc2ccccc2F)n1. The molecule has 0 saturated carbocycles. The molecule has 0 saturated heterocycles. The zero-order valence-electron chi connectivity index (χ0n) is 10.4. The Balaban J connectivity index is 2.37. The lowest BCUT2D eigenvalue weighted by atomic mass is 10.2. The van der Waals surface area contributed by atoms with Gasteiger partial charge in [-0.15, -0.1) is 0 Å². The second-order valence-corrected chi connectivity index (χ2v) is 4.00. The summed E-state index contributed by atoms with van der Waals surface area (Å²) in [6.07, 6.45) is 0.604. The first-order valence-corrected chi connectivity index (χ1v) is 5.86. The van der Waals surface area contributed by atoms with Gasteiger partial charge in [0.25, 0.3) is 0 Å². The summed E-state index contributed by atoms with van der Waals surface area (Å²) in [5.41, 5.74) is 1.03. The van der Waals surface area contributed by atoms with E-state index in [1.165, 1.54) is 18.2 Å². The average Bonchev–Trinajstić information content (AvgIpc) is 2.41. The summed E-state index contributed by atoms with van der Waals surface area (Å²) in [6.45, 7) is 1.88. The van der Waals surface area contributed by atoms with Crippen LogP contribution in [0.5, 0.6) is 0 Å². The van der Waals surface area contributed by atoms with Crippen LogP contribution in [0.4, 0.5) is 15.9 Å². The van der Waals surface area contributed by atoms with Crippen molar-refractivity contribution in [1.29, 1.82) is 0 Å². The van der Waals surface area contributed by atoms with Crippen LogP contribution in [0.2, 0.25) is 0 Å². The van der Waals surface area contributed by atoms with Gasteiger partial charge in [0.2, 0.25) is 0 Å². The van der Waals surface area contributed by atoms with Crippen LogP contribution < -0.4 is 5.32 Å². The highest BCUT2D eigenvalue weighted by atomic mass is 19.1. The van der Waals surface area contributed by atoms with Crippen molar-refractivity contribution >= 4 is 17.5 Å². The van der Waals surface area contributed by atoms with Crippen molar-refractivity contribution in [2.45, 2.75) is 13.3 Å². The van der Waals surface area contributed by atoms with Crippen molar-refractivity contribution in [3.63, 3.8) is 0 Å². The monoisotopic (exact) mass is 260 g/mol. The van der Waals surface area contributed by atoms with Crippen LogP contribution in [0.3, 0.4) is 0 Å². The number of pyridine rings is 1. The second kappa shape index (κ2) is 5.48. The number of benzene rings is 1. The van der Waals surface area contributed by atoms with Gasteiger partial charge in [-0.1, -0.05) is 19.1 Å². The Morgan fingerprint density at radius 2 is 2.11 bits per heavy atom. The largest absolute Gasteiger partial charge is 0.478 e. The maximum atomic E-state index is 13.5. The summed E-state index contributed by atoms with van der Waals surface area (Å²) >= 11 is 0. The Hall–Kier alpha value is -2.43. The van der Waals surface area contributed by atoms with Gasteiger partial charge in [-0.3, -0.25) is 0 Å². The maximum absolute atomic E-state index is 13.5. The standard InChI is InChI=1S/C14H13FN2O2/c1-2-10-7-9(14(18)19)8-13(16-10)17-12-6-4-3-5-11(12)15/h3-8H,2H2,1H3,(H,16,17)(H,18,19). The fourth-order valence-electron chi connectivity index (χ4n) is 1.66. The van der Waals surface area contributed by atoms with E-state index < -0.39 is 11.8 Å². The van der Waals surface area contributed by atoms with Gasteiger partial charge in [0, 0.05) is 5.69 Å². The molecular weight excluding hydrogens is 247 g/mol. The van der Waals surface area contributed by atoms with E-state index in [1.54, 1.807) is 18.2 Å². The van der Waals surface area contributed by atoms with Gasteiger partial charge in [-0.05, 0) is 30.7 Å². The minimum absolute atomic E-state index is 0.130. The summed E-state index contributed by atoms with van der Waals surface area (Å²) in [7, 11) is 0. The van der Waals surface area contributed by atoms with Gasteiger partial charge in [-0.25, -0.2) is 14.2 Å². The fraction of sp³-hybridized carbons (Fsp3) is 0.143. The fourth-order valence-corrected chi connectivity index (χ4v) is 1.66. The van der Waals surface area contributed by atoms with Crippen LogP contribution >= 0.6 is 0 Å². The molecule has 0 aliphatic heterocycles. The van der Waals surface area contributed by atoms with Crippen LogP contribution in [0, 0.1) is 5.82 Å². The molecule has 19 heavy (non-hydrogen) atoms. The van der Waals surface area contributed by atoms with Crippen LogP contribution in [0.25, 0.3) is 0 Å². The molecule has 1 heterocycles. The van der Waals surface area contributed by atoms with Crippen LogP contribution in [0.15, 0.2) is 36.4 Å². The van der Waals surface area contributed by atoms with Crippen molar-refractivity contribution in [2.75, 3.05) is 5.32 Å². The van der Waals surface area contributed by atoms with Crippen LogP contribution in [0.1, 0.15) is 23.0 Å². The number of rotatable bonds is 4. The number of carboxylic acid groups (broad SMARTS) is 1. The molecule has 2 aromatic rings. The quantitative estimate of drug-likeness (QED) is 0.886. The molecular formula is C14H13FN2O2. The number of halogens is 1. The molecule has 2 rings (SSSR count). The number of aryl methyl sites for hydroxylation is 1. The number of carboxylic acids is 1. The molecule has 4 nitrogen and oxygen atoms in total.